The van der Waals surface area contributed by atoms with E-state index in [-0.39, 0.29) is 23.8 Å². The standard InChI is InChI=1S/C34H29FN4O4/c1-21-14-24(29-5-2-6-33(38-29)43-20-26-8-7-22(18-36)15-28(26)35)10-9-23(21)17-32-37-30-12-11-25(34(40)41)16-31(30)39(32)19-27-4-3-13-42-27/h2,5-12,14-16,27H,3-4,13,17,19-20H2,1H3,(H,40,41). The Kier molecular flexibility index (Phi) is 7.86. The van der Waals surface area contributed by atoms with Crippen LogP contribution in [-0.2, 0) is 24.3 Å². The van der Waals surface area contributed by atoms with Gasteiger partial charge in [0.1, 0.15) is 18.2 Å². The number of nitrogens with zero attached hydrogens (tertiary/aromatic N) is 4. The Morgan fingerprint density at radius 1 is 1.12 bits per heavy atom. The molecule has 0 aliphatic carbocycles. The van der Waals surface area contributed by atoms with Crippen molar-refractivity contribution in [3.63, 3.8) is 0 Å². The van der Waals surface area contributed by atoms with Gasteiger partial charge in [-0.3, -0.25) is 0 Å². The summed E-state index contributed by atoms with van der Waals surface area (Å²) in [6, 6.07) is 22.8. The molecule has 3 heterocycles. The minimum Gasteiger partial charge on any atom is -0.478 e. The fourth-order valence-electron chi connectivity index (χ4n) is 5.40. The molecule has 8 nitrogen and oxygen atoms in total. The van der Waals surface area contributed by atoms with Gasteiger partial charge < -0.3 is 19.1 Å². The molecule has 1 saturated heterocycles. The molecule has 1 fully saturated rings. The SMILES string of the molecule is Cc1cc(-c2cccc(OCc3ccc(C#N)cc3F)n2)ccc1Cc1nc2ccc(C(=O)O)cc2n1CC1CCCO1. The highest BCUT2D eigenvalue weighted by atomic mass is 19.1. The van der Waals surface area contributed by atoms with Crippen molar-refractivity contribution in [2.45, 2.75) is 45.4 Å². The van der Waals surface area contributed by atoms with E-state index in [0.717, 1.165) is 58.7 Å². The Hall–Kier alpha value is -5.07. The number of carboxylic acids is 1. The van der Waals surface area contributed by atoms with Gasteiger partial charge in [-0.25, -0.2) is 19.2 Å². The van der Waals surface area contributed by atoms with Crippen molar-refractivity contribution in [2.24, 2.45) is 0 Å². The highest BCUT2D eigenvalue weighted by molar-refractivity contribution is 5.92. The molecule has 2 aromatic heterocycles. The minimum absolute atomic E-state index is 0.00713. The van der Waals surface area contributed by atoms with Crippen LogP contribution in [0.4, 0.5) is 4.39 Å². The Morgan fingerprint density at radius 2 is 1.98 bits per heavy atom. The minimum atomic E-state index is -0.968. The van der Waals surface area contributed by atoms with Crippen molar-refractivity contribution in [3.05, 3.63) is 112 Å². The molecule has 0 saturated carbocycles. The third-order valence-electron chi connectivity index (χ3n) is 7.75. The lowest BCUT2D eigenvalue weighted by atomic mass is 10.0. The van der Waals surface area contributed by atoms with Crippen LogP contribution in [0, 0.1) is 24.1 Å². The molecule has 9 heteroatoms. The predicted molar refractivity (Wildman–Crippen MR) is 158 cm³/mol. The summed E-state index contributed by atoms with van der Waals surface area (Å²) < 4.78 is 28.0. The number of ether oxygens (including phenoxy) is 2. The Bertz CT molecular complexity index is 1870. The summed E-state index contributed by atoms with van der Waals surface area (Å²) in [6.45, 7) is 3.39. The molecule has 0 amide bonds. The molecule has 5 aromatic rings. The molecule has 1 atom stereocenters. The summed E-state index contributed by atoms with van der Waals surface area (Å²) in [5.74, 6) is -0.240. The number of benzene rings is 3. The summed E-state index contributed by atoms with van der Waals surface area (Å²) in [5.41, 5.74) is 6.17. The second-order valence-electron chi connectivity index (χ2n) is 10.7. The van der Waals surface area contributed by atoms with Crippen molar-refractivity contribution in [1.82, 2.24) is 14.5 Å². The van der Waals surface area contributed by atoms with Gasteiger partial charge in [0.25, 0.3) is 0 Å². The van der Waals surface area contributed by atoms with Gasteiger partial charge in [0.15, 0.2) is 0 Å². The second-order valence-corrected chi connectivity index (χ2v) is 10.7. The number of hydrogen-bond donors (Lipinski definition) is 1. The molecule has 0 bridgehead atoms. The van der Waals surface area contributed by atoms with Crippen LogP contribution in [0.3, 0.4) is 0 Å². The zero-order chi connectivity index (χ0) is 29.9. The fraction of sp³-hybridized carbons (Fsp3) is 0.235. The van der Waals surface area contributed by atoms with Crippen LogP contribution in [0.2, 0.25) is 0 Å². The molecule has 1 unspecified atom stereocenters. The van der Waals surface area contributed by atoms with E-state index < -0.39 is 11.8 Å². The first-order valence-corrected chi connectivity index (χ1v) is 14.1. The van der Waals surface area contributed by atoms with Crippen molar-refractivity contribution in [2.75, 3.05) is 6.61 Å². The molecular formula is C34H29FN4O4. The van der Waals surface area contributed by atoms with Gasteiger partial charge in [-0.15, -0.1) is 0 Å². The first kappa shape index (κ1) is 28.1. The van der Waals surface area contributed by atoms with Crippen LogP contribution in [0.15, 0.2) is 72.8 Å². The van der Waals surface area contributed by atoms with Crippen LogP contribution in [0.25, 0.3) is 22.3 Å². The maximum atomic E-state index is 14.3. The van der Waals surface area contributed by atoms with E-state index in [1.165, 1.54) is 6.07 Å². The first-order chi connectivity index (χ1) is 20.9. The van der Waals surface area contributed by atoms with Crippen molar-refractivity contribution < 1.29 is 23.8 Å². The highest BCUT2D eigenvalue weighted by Crippen LogP contribution is 2.27. The largest absolute Gasteiger partial charge is 0.478 e. The van der Waals surface area contributed by atoms with E-state index in [1.54, 1.807) is 36.4 Å². The number of hydrogen-bond acceptors (Lipinski definition) is 6. The lowest BCUT2D eigenvalue weighted by Crippen LogP contribution is -2.17. The quantitative estimate of drug-likeness (QED) is 0.214. The summed E-state index contributed by atoms with van der Waals surface area (Å²) in [4.78, 5) is 21.2. The molecule has 43 heavy (non-hydrogen) atoms. The summed E-state index contributed by atoms with van der Waals surface area (Å²) in [7, 11) is 0. The molecule has 3 aromatic carbocycles. The average molecular weight is 577 g/mol. The number of aryl methyl sites for hydroxylation is 1. The molecular weight excluding hydrogens is 547 g/mol. The molecule has 0 spiro atoms. The van der Waals surface area contributed by atoms with E-state index in [4.69, 9.17) is 19.7 Å². The van der Waals surface area contributed by atoms with Gasteiger partial charge in [-0.2, -0.15) is 5.26 Å². The van der Waals surface area contributed by atoms with E-state index in [9.17, 15) is 14.3 Å². The maximum Gasteiger partial charge on any atom is 0.335 e. The van der Waals surface area contributed by atoms with Crippen LogP contribution in [0.1, 0.15) is 51.3 Å². The first-order valence-electron chi connectivity index (χ1n) is 14.1. The molecule has 0 radical (unpaired) electrons. The number of pyridine rings is 1. The van der Waals surface area contributed by atoms with Crippen LogP contribution >= 0.6 is 0 Å². The van der Waals surface area contributed by atoms with Crippen molar-refractivity contribution >= 4 is 17.0 Å². The van der Waals surface area contributed by atoms with Gasteiger partial charge in [-0.1, -0.05) is 24.3 Å². The average Bonchev–Trinajstić information content (AvgIpc) is 3.65. The number of fused-ring (bicyclic) bond motifs is 1. The number of aromatic nitrogens is 3. The number of carboxylic acid groups (broad SMARTS) is 1. The monoisotopic (exact) mass is 576 g/mol. The summed E-state index contributed by atoms with van der Waals surface area (Å²) in [5, 5.41) is 18.5. The van der Waals surface area contributed by atoms with Gasteiger partial charge in [-0.05, 0) is 73.4 Å². The molecule has 6 rings (SSSR count). The van der Waals surface area contributed by atoms with Crippen LogP contribution in [0.5, 0.6) is 5.88 Å². The predicted octanol–water partition coefficient (Wildman–Crippen LogP) is 6.46. The highest BCUT2D eigenvalue weighted by Gasteiger charge is 2.21. The summed E-state index contributed by atoms with van der Waals surface area (Å²) >= 11 is 0. The second kappa shape index (κ2) is 12.0. The number of rotatable bonds is 9. The number of nitriles is 1. The molecule has 216 valence electrons. The maximum absolute atomic E-state index is 14.3. The molecule has 1 aliphatic rings. The smallest absolute Gasteiger partial charge is 0.335 e. The van der Waals surface area contributed by atoms with Gasteiger partial charge in [0.05, 0.1) is 46.6 Å². The topological polar surface area (TPSA) is 110 Å². The van der Waals surface area contributed by atoms with Crippen LogP contribution < -0.4 is 4.74 Å². The van der Waals surface area contributed by atoms with E-state index >= 15 is 0 Å². The van der Waals surface area contributed by atoms with Crippen molar-refractivity contribution in [1.29, 1.82) is 5.26 Å². The lowest BCUT2D eigenvalue weighted by Gasteiger charge is -2.15. The number of halogens is 1. The van der Waals surface area contributed by atoms with E-state index in [1.807, 2.05) is 31.2 Å². The van der Waals surface area contributed by atoms with Gasteiger partial charge in [0.2, 0.25) is 5.88 Å². The normalized spacial score (nSPS) is 14.6. The zero-order valence-corrected chi connectivity index (χ0v) is 23.6. The number of aromatic carboxylic acids is 1. The van der Waals surface area contributed by atoms with Gasteiger partial charge >= 0.3 is 5.97 Å². The Morgan fingerprint density at radius 3 is 2.72 bits per heavy atom. The summed E-state index contributed by atoms with van der Waals surface area (Å²) in [6.07, 6.45) is 2.62. The van der Waals surface area contributed by atoms with E-state index in [2.05, 4.69) is 21.7 Å². The third-order valence-corrected chi connectivity index (χ3v) is 7.75. The van der Waals surface area contributed by atoms with Crippen molar-refractivity contribution in [3.8, 4) is 23.2 Å². The van der Waals surface area contributed by atoms with Gasteiger partial charge in [0, 0.05) is 30.2 Å². The third kappa shape index (κ3) is 6.10. The Labute approximate surface area is 248 Å². The number of imidazole rings is 1. The van der Waals surface area contributed by atoms with E-state index in [0.29, 0.717) is 24.4 Å². The molecule has 1 aliphatic heterocycles. The zero-order valence-electron chi connectivity index (χ0n) is 23.6. The fourth-order valence-corrected chi connectivity index (χ4v) is 5.40. The Balaban J connectivity index is 1.23. The molecule has 1 N–H and O–H groups in total. The number of carbonyl (C=O) groups is 1. The lowest BCUT2D eigenvalue weighted by molar-refractivity contribution is 0.0697. The van der Waals surface area contributed by atoms with Crippen LogP contribution in [-0.4, -0.2) is 38.3 Å².